The van der Waals surface area contributed by atoms with Crippen LogP contribution in [0.3, 0.4) is 0 Å². The van der Waals surface area contributed by atoms with Crippen molar-refractivity contribution in [1.29, 1.82) is 0 Å². The van der Waals surface area contributed by atoms with Gasteiger partial charge >= 0.3 is 0 Å². The van der Waals surface area contributed by atoms with E-state index in [0.29, 0.717) is 23.3 Å². The third-order valence-corrected chi connectivity index (χ3v) is 5.14. The number of hydrogen-bond donors (Lipinski definition) is 1. The first-order valence-electron chi connectivity index (χ1n) is 9.05. The molecule has 0 radical (unpaired) electrons. The highest BCUT2D eigenvalue weighted by Gasteiger charge is 2.18. The molecule has 0 aliphatic rings. The van der Waals surface area contributed by atoms with Gasteiger partial charge in [-0.05, 0) is 42.8 Å². The molecule has 1 amide bonds. The Balaban J connectivity index is 1.51. The monoisotopic (exact) mass is 405 g/mol. The summed E-state index contributed by atoms with van der Waals surface area (Å²) in [6.45, 7) is 2.47. The second-order valence-corrected chi connectivity index (χ2v) is 7.32. The molecular weight excluding hydrogens is 386 g/mol. The van der Waals surface area contributed by atoms with Crippen molar-refractivity contribution in [2.75, 3.05) is 5.75 Å². The summed E-state index contributed by atoms with van der Waals surface area (Å²) in [6.07, 6.45) is 5.04. The first kappa shape index (κ1) is 18.9. The molecule has 1 N–H and O–H groups in total. The second kappa shape index (κ2) is 8.74. The number of hydrogen-bond acceptors (Lipinski definition) is 6. The van der Waals surface area contributed by atoms with Crippen LogP contribution in [0.1, 0.15) is 11.1 Å². The number of carbonyl (C=O) groups excluding carboxylic acids is 1. The van der Waals surface area contributed by atoms with E-state index in [2.05, 4.69) is 20.5 Å². The van der Waals surface area contributed by atoms with Crippen LogP contribution in [-0.2, 0) is 11.3 Å². The Morgan fingerprint density at radius 3 is 2.72 bits per heavy atom. The fourth-order valence-electron chi connectivity index (χ4n) is 2.74. The predicted octanol–water partition coefficient (Wildman–Crippen LogP) is 3.64. The van der Waals surface area contributed by atoms with Crippen LogP contribution in [-0.4, -0.2) is 31.4 Å². The summed E-state index contributed by atoms with van der Waals surface area (Å²) in [5, 5.41) is 12.1. The number of amides is 1. The van der Waals surface area contributed by atoms with Gasteiger partial charge in [0.05, 0.1) is 12.0 Å². The molecule has 1 aromatic carbocycles. The number of thioether (sulfide) groups is 1. The number of nitrogens with one attached hydrogen (secondary N) is 1. The molecule has 29 heavy (non-hydrogen) atoms. The maximum atomic E-state index is 12.3. The zero-order valence-corrected chi connectivity index (χ0v) is 16.6. The van der Waals surface area contributed by atoms with E-state index in [9.17, 15) is 4.79 Å². The molecular formula is C21H19N5O2S. The molecule has 8 heteroatoms. The van der Waals surface area contributed by atoms with Crippen LogP contribution in [0.25, 0.3) is 17.3 Å². The van der Waals surface area contributed by atoms with E-state index in [0.717, 1.165) is 16.8 Å². The summed E-state index contributed by atoms with van der Waals surface area (Å²) < 4.78 is 7.41. The lowest BCUT2D eigenvalue weighted by Crippen LogP contribution is -2.24. The quantitative estimate of drug-likeness (QED) is 0.473. The Kier molecular flexibility index (Phi) is 5.71. The van der Waals surface area contributed by atoms with Crippen LogP contribution in [0.15, 0.2) is 76.8 Å². The lowest BCUT2D eigenvalue weighted by atomic mass is 10.2. The number of furan rings is 1. The largest absolute Gasteiger partial charge is 0.461 e. The molecule has 0 saturated heterocycles. The van der Waals surface area contributed by atoms with Crippen molar-refractivity contribution in [2.45, 2.75) is 18.6 Å². The number of aromatic nitrogens is 4. The molecule has 4 rings (SSSR count). The minimum atomic E-state index is -0.0862. The maximum absolute atomic E-state index is 12.3. The number of aryl methyl sites for hydroxylation is 1. The molecule has 0 fully saturated rings. The zero-order chi connectivity index (χ0) is 20.1. The van der Waals surface area contributed by atoms with Gasteiger partial charge in [-0.25, -0.2) is 0 Å². The molecule has 0 aliphatic carbocycles. The fraction of sp³-hybridized carbons (Fsp3) is 0.143. The highest BCUT2D eigenvalue weighted by atomic mass is 32.2. The molecule has 0 saturated carbocycles. The van der Waals surface area contributed by atoms with E-state index in [4.69, 9.17) is 4.42 Å². The van der Waals surface area contributed by atoms with Crippen LogP contribution < -0.4 is 5.32 Å². The van der Waals surface area contributed by atoms with Gasteiger partial charge in [0.1, 0.15) is 0 Å². The Morgan fingerprint density at radius 2 is 2.00 bits per heavy atom. The summed E-state index contributed by atoms with van der Waals surface area (Å²) in [7, 11) is 0. The summed E-state index contributed by atoms with van der Waals surface area (Å²) in [5.41, 5.74) is 3.02. The van der Waals surface area contributed by atoms with Gasteiger partial charge in [0.15, 0.2) is 10.9 Å². The Labute approximate surface area is 172 Å². The summed E-state index contributed by atoms with van der Waals surface area (Å²) in [6, 6.07) is 15.5. The Hall–Kier alpha value is -3.39. The molecule has 0 unspecified atom stereocenters. The first-order valence-corrected chi connectivity index (χ1v) is 10.0. The van der Waals surface area contributed by atoms with Gasteiger partial charge in [-0.15, -0.1) is 10.2 Å². The summed E-state index contributed by atoms with van der Waals surface area (Å²) >= 11 is 1.33. The van der Waals surface area contributed by atoms with Crippen LogP contribution in [0.2, 0.25) is 0 Å². The lowest BCUT2D eigenvalue weighted by molar-refractivity contribution is -0.118. The average Bonchev–Trinajstić information content (AvgIpc) is 3.42. The highest BCUT2D eigenvalue weighted by molar-refractivity contribution is 7.99. The predicted molar refractivity (Wildman–Crippen MR) is 111 cm³/mol. The van der Waals surface area contributed by atoms with Gasteiger partial charge in [0.25, 0.3) is 0 Å². The topological polar surface area (TPSA) is 85.8 Å². The third-order valence-electron chi connectivity index (χ3n) is 4.21. The molecule has 0 spiro atoms. The van der Waals surface area contributed by atoms with E-state index < -0.39 is 0 Å². The standard InChI is InChI=1S/C21H19N5O2S/c1-15-6-8-17(9-7-15)26-20(18-5-3-11-28-18)24-25-21(26)29-14-19(27)23-13-16-4-2-10-22-12-16/h2-12H,13-14H2,1H3,(H,23,27). The molecule has 146 valence electrons. The van der Waals surface area contributed by atoms with E-state index in [1.54, 1.807) is 18.7 Å². The van der Waals surface area contributed by atoms with E-state index in [1.165, 1.54) is 11.8 Å². The first-order chi connectivity index (χ1) is 14.2. The smallest absolute Gasteiger partial charge is 0.230 e. The molecule has 0 bridgehead atoms. The van der Waals surface area contributed by atoms with Crippen LogP contribution >= 0.6 is 11.8 Å². The van der Waals surface area contributed by atoms with Crippen molar-refractivity contribution >= 4 is 17.7 Å². The third kappa shape index (κ3) is 4.55. The fourth-order valence-corrected chi connectivity index (χ4v) is 3.52. The molecule has 0 atom stereocenters. The molecule has 4 aromatic rings. The van der Waals surface area contributed by atoms with Gasteiger partial charge in [0, 0.05) is 24.6 Å². The average molecular weight is 405 g/mol. The van der Waals surface area contributed by atoms with Gasteiger partial charge in [-0.2, -0.15) is 0 Å². The number of nitrogens with zero attached hydrogens (tertiary/aromatic N) is 4. The molecule has 3 aromatic heterocycles. The summed E-state index contributed by atoms with van der Waals surface area (Å²) in [5.74, 6) is 1.35. The minimum absolute atomic E-state index is 0.0862. The van der Waals surface area contributed by atoms with Crippen LogP contribution in [0, 0.1) is 6.92 Å². The SMILES string of the molecule is Cc1ccc(-n2c(SCC(=O)NCc3cccnc3)nnc2-c2ccco2)cc1. The van der Waals surface area contributed by atoms with Gasteiger partial charge in [-0.3, -0.25) is 14.3 Å². The van der Waals surface area contributed by atoms with Crippen molar-refractivity contribution < 1.29 is 9.21 Å². The van der Waals surface area contributed by atoms with Crippen molar-refractivity contribution in [3.8, 4) is 17.3 Å². The highest BCUT2D eigenvalue weighted by Crippen LogP contribution is 2.28. The van der Waals surface area contributed by atoms with Crippen LogP contribution in [0.4, 0.5) is 0 Å². The zero-order valence-electron chi connectivity index (χ0n) is 15.8. The Morgan fingerprint density at radius 1 is 1.14 bits per heavy atom. The van der Waals surface area contributed by atoms with Gasteiger partial charge in [0.2, 0.25) is 11.7 Å². The van der Waals surface area contributed by atoms with E-state index in [1.807, 2.05) is 60.0 Å². The van der Waals surface area contributed by atoms with Gasteiger partial charge < -0.3 is 9.73 Å². The minimum Gasteiger partial charge on any atom is -0.461 e. The summed E-state index contributed by atoms with van der Waals surface area (Å²) in [4.78, 5) is 16.3. The normalized spacial score (nSPS) is 10.8. The van der Waals surface area contributed by atoms with Crippen molar-refractivity contribution in [3.05, 3.63) is 78.3 Å². The molecule has 7 nitrogen and oxygen atoms in total. The number of carbonyl (C=O) groups is 1. The number of pyridine rings is 1. The Bertz CT molecular complexity index is 1080. The number of benzene rings is 1. The van der Waals surface area contributed by atoms with E-state index >= 15 is 0 Å². The molecule has 3 heterocycles. The van der Waals surface area contributed by atoms with Gasteiger partial charge in [-0.1, -0.05) is 35.5 Å². The van der Waals surface area contributed by atoms with Crippen LogP contribution in [0.5, 0.6) is 0 Å². The lowest BCUT2D eigenvalue weighted by Gasteiger charge is -2.10. The van der Waals surface area contributed by atoms with Crippen molar-refractivity contribution in [1.82, 2.24) is 25.1 Å². The number of rotatable bonds is 7. The maximum Gasteiger partial charge on any atom is 0.230 e. The second-order valence-electron chi connectivity index (χ2n) is 6.38. The van der Waals surface area contributed by atoms with Crippen molar-refractivity contribution in [2.24, 2.45) is 0 Å². The van der Waals surface area contributed by atoms with E-state index in [-0.39, 0.29) is 11.7 Å². The molecule has 0 aliphatic heterocycles. The van der Waals surface area contributed by atoms with Crippen molar-refractivity contribution in [3.63, 3.8) is 0 Å².